The predicted octanol–water partition coefficient (Wildman–Crippen LogP) is 5.17. The minimum absolute atomic E-state index is 0.0974. The number of carbonyl (C=O) groups excluding carboxylic acids is 2. The molecule has 2 aromatic carbocycles. The Hall–Kier alpha value is -4.72. The van der Waals surface area contributed by atoms with Gasteiger partial charge in [-0.25, -0.2) is 9.67 Å². The molecule has 0 unspecified atom stereocenters. The Morgan fingerprint density at radius 1 is 1.08 bits per heavy atom. The fourth-order valence-electron chi connectivity index (χ4n) is 4.65. The Morgan fingerprint density at radius 3 is 2.72 bits per heavy atom. The fourth-order valence-corrected chi connectivity index (χ4v) is 4.65. The van der Waals surface area contributed by atoms with Gasteiger partial charge in [0, 0.05) is 30.0 Å². The molecule has 2 amide bonds. The SMILES string of the molecule is CCn1ncc2c(C(=O)Nc3ccc4c(c3)CCN4C(=O)c3ccoc3)cc(-c3ccccc3)nc21. The third-order valence-electron chi connectivity index (χ3n) is 6.47. The second-order valence-corrected chi connectivity index (χ2v) is 8.64. The van der Waals surface area contributed by atoms with Crippen LogP contribution in [0.1, 0.15) is 33.2 Å². The molecule has 178 valence electrons. The van der Waals surface area contributed by atoms with Crippen molar-refractivity contribution >= 4 is 34.2 Å². The van der Waals surface area contributed by atoms with Gasteiger partial charge in [0.25, 0.3) is 11.8 Å². The first kappa shape index (κ1) is 21.8. The van der Waals surface area contributed by atoms with Crippen LogP contribution in [0.4, 0.5) is 11.4 Å². The molecule has 6 rings (SSSR count). The second-order valence-electron chi connectivity index (χ2n) is 8.64. The van der Waals surface area contributed by atoms with Crippen molar-refractivity contribution < 1.29 is 14.0 Å². The second kappa shape index (κ2) is 8.81. The molecule has 8 heteroatoms. The lowest BCUT2D eigenvalue weighted by Crippen LogP contribution is -2.28. The maximum Gasteiger partial charge on any atom is 0.261 e. The number of hydrogen-bond donors (Lipinski definition) is 1. The molecule has 0 spiro atoms. The molecule has 0 saturated carbocycles. The number of pyridine rings is 1. The van der Waals surface area contributed by atoms with Gasteiger partial charge in [-0.2, -0.15) is 5.10 Å². The highest BCUT2D eigenvalue weighted by atomic mass is 16.3. The highest BCUT2D eigenvalue weighted by Gasteiger charge is 2.27. The van der Waals surface area contributed by atoms with Gasteiger partial charge in [-0.15, -0.1) is 0 Å². The molecule has 1 aliphatic heterocycles. The van der Waals surface area contributed by atoms with E-state index in [0.717, 1.165) is 16.8 Å². The molecular formula is C28H23N5O3. The maximum absolute atomic E-state index is 13.5. The Labute approximate surface area is 207 Å². The summed E-state index contributed by atoms with van der Waals surface area (Å²) in [5.41, 5.74) is 5.87. The molecular weight excluding hydrogens is 454 g/mol. The van der Waals surface area contributed by atoms with Crippen LogP contribution in [0, 0.1) is 0 Å². The first-order valence-electron chi connectivity index (χ1n) is 11.8. The van der Waals surface area contributed by atoms with Crippen LogP contribution in [-0.2, 0) is 13.0 Å². The molecule has 3 aromatic heterocycles. The van der Waals surface area contributed by atoms with Crippen LogP contribution in [-0.4, -0.2) is 33.1 Å². The average molecular weight is 478 g/mol. The first-order valence-corrected chi connectivity index (χ1v) is 11.8. The molecule has 4 heterocycles. The number of fused-ring (bicyclic) bond motifs is 2. The molecule has 0 aliphatic carbocycles. The Balaban J connectivity index is 1.32. The average Bonchev–Trinajstić information content (AvgIpc) is 3.67. The van der Waals surface area contributed by atoms with E-state index in [1.807, 2.05) is 61.5 Å². The van der Waals surface area contributed by atoms with E-state index in [1.54, 1.807) is 21.8 Å². The highest BCUT2D eigenvalue weighted by molar-refractivity contribution is 6.13. The summed E-state index contributed by atoms with van der Waals surface area (Å²) >= 11 is 0. The van der Waals surface area contributed by atoms with Crippen LogP contribution < -0.4 is 10.2 Å². The summed E-state index contributed by atoms with van der Waals surface area (Å²) in [5, 5.41) is 8.16. The van der Waals surface area contributed by atoms with E-state index < -0.39 is 0 Å². The van der Waals surface area contributed by atoms with Gasteiger partial charge < -0.3 is 14.6 Å². The van der Waals surface area contributed by atoms with E-state index in [-0.39, 0.29) is 11.8 Å². The van der Waals surface area contributed by atoms with Gasteiger partial charge >= 0.3 is 0 Å². The summed E-state index contributed by atoms with van der Waals surface area (Å²) in [6.45, 7) is 3.22. The number of rotatable bonds is 5. The van der Waals surface area contributed by atoms with Crippen LogP contribution >= 0.6 is 0 Å². The Kier molecular flexibility index (Phi) is 5.33. The summed E-state index contributed by atoms with van der Waals surface area (Å²) in [7, 11) is 0. The Morgan fingerprint density at radius 2 is 1.94 bits per heavy atom. The van der Waals surface area contributed by atoms with Crippen molar-refractivity contribution in [3.63, 3.8) is 0 Å². The number of nitrogens with zero attached hydrogens (tertiary/aromatic N) is 4. The number of hydrogen-bond acceptors (Lipinski definition) is 5. The number of aryl methyl sites for hydroxylation is 1. The molecule has 1 aliphatic rings. The van der Waals surface area contributed by atoms with Gasteiger partial charge in [-0.1, -0.05) is 30.3 Å². The summed E-state index contributed by atoms with van der Waals surface area (Å²) < 4.78 is 6.85. The minimum Gasteiger partial charge on any atom is -0.472 e. The first-order chi connectivity index (χ1) is 17.6. The lowest BCUT2D eigenvalue weighted by molar-refractivity contribution is 0.0987. The van der Waals surface area contributed by atoms with E-state index in [4.69, 9.17) is 9.40 Å². The number of benzene rings is 2. The van der Waals surface area contributed by atoms with Gasteiger partial charge in [-0.05, 0) is 49.2 Å². The highest BCUT2D eigenvalue weighted by Crippen LogP contribution is 2.32. The summed E-state index contributed by atoms with van der Waals surface area (Å²) in [4.78, 5) is 32.8. The zero-order chi connectivity index (χ0) is 24.6. The Bertz CT molecular complexity index is 1590. The number of anilines is 2. The van der Waals surface area contributed by atoms with Crippen LogP contribution in [0.3, 0.4) is 0 Å². The van der Waals surface area contributed by atoms with Crippen LogP contribution in [0.2, 0.25) is 0 Å². The van der Waals surface area contributed by atoms with Crippen molar-refractivity contribution in [3.8, 4) is 11.3 Å². The predicted molar refractivity (Wildman–Crippen MR) is 137 cm³/mol. The molecule has 0 saturated heterocycles. The number of aromatic nitrogens is 3. The van der Waals surface area contributed by atoms with Gasteiger partial charge in [0.05, 0.1) is 34.7 Å². The van der Waals surface area contributed by atoms with Crippen LogP contribution in [0.25, 0.3) is 22.3 Å². The van der Waals surface area contributed by atoms with Crippen molar-refractivity contribution in [2.45, 2.75) is 19.9 Å². The number of furan rings is 1. The lowest BCUT2D eigenvalue weighted by Gasteiger charge is -2.17. The molecule has 0 bridgehead atoms. The summed E-state index contributed by atoms with van der Waals surface area (Å²) in [5.74, 6) is -0.334. The molecule has 0 fully saturated rings. The molecule has 8 nitrogen and oxygen atoms in total. The molecule has 0 radical (unpaired) electrons. The third-order valence-corrected chi connectivity index (χ3v) is 6.47. The zero-order valence-corrected chi connectivity index (χ0v) is 19.6. The van der Waals surface area contributed by atoms with E-state index in [2.05, 4.69) is 10.4 Å². The minimum atomic E-state index is -0.237. The van der Waals surface area contributed by atoms with Crippen LogP contribution in [0.15, 0.2) is 83.8 Å². The summed E-state index contributed by atoms with van der Waals surface area (Å²) in [6, 6.07) is 18.9. The van der Waals surface area contributed by atoms with Gasteiger partial charge in [-0.3, -0.25) is 9.59 Å². The lowest BCUT2D eigenvalue weighted by atomic mass is 10.1. The van der Waals surface area contributed by atoms with E-state index in [0.29, 0.717) is 53.1 Å². The number of nitrogens with one attached hydrogen (secondary N) is 1. The standard InChI is InChI=1S/C28H23N5O3/c1-2-33-26-23(16-29-33)22(15-24(31-26)18-6-4-3-5-7-18)27(34)30-21-8-9-25-19(14-21)10-12-32(25)28(35)20-11-13-36-17-20/h3-9,11,13-17H,2,10,12H2,1H3,(H,30,34). The van der Waals surface area contributed by atoms with Gasteiger partial charge in [0.2, 0.25) is 0 Å². The van der Waals surface area contributed by atoms with Crippen molar-refractivity contribution in [2.75, 3.05) is 16.8 Å². The van der Waals surface area contributed by atoms with E-state index >= 15 is 0 Å². The fraction of sp³-hybridized carbons (Fsp3) is 0.143. The monoisotopic (exact) mass is 477 g/mol. The molecule has 5 aromatic rings. The molecule has 0 atom stereocenters. The number of amides is 2. The summed E-state index contributed by atoms with van der Waals surface area (Å²) in [6.07, 6.45) is 5.35. The van der Waals surface area contributed by atoms with Crippen molar-refractivity contribution in [1.29, 1.82) is 0 Å². The van der Waals surface area contributed by atoms with Crippen molar-refractivity contribution in [3.05, 3.63) is 96.1 Å². The maximum atomic E-state index is 13.5. The van der Waals surface area contributed by atoms with E-state index in [1.165, 1.54) is 12.5 Å². The molecule has 36 heavy (non-hydrogen) atoms. The number of carbonyl (C=O) groups is 2. The van der Waals surface area contributed by atoms with E-state index in [9.17, 15) is 9.59 Å². The van der Waals surface area contributed by atoms with Crippen molar-refractivity contribution in [2.24, 2.45) is 0 Å². The third kappa shape index (κ3) is 3.73. The van der Waals surface area contributed by atoms with Gasteiger partial charge in [0.15, 0.2) is 5.65 Å². The van der Waals surface area contributed by atoms with Crippen molar-refractivity contribution in [1.82, 2.24) is 14.8 Å². The largest absolute Gasteiger partial charge is 0.472 e. The smallest absolute Gasteiger partial charge is 0.261 e. The van der Waals surface area contributed by atoms with Gasteiger partial charge in [0.1, 0.15) is 6.26 Å². The zero-order valence-electron chi connectivity index (χ0n) is 19.6. The normalized spacial score (nSPS) is 12.6. The topological polar surface area (TPSA) is 93.3 Å². The molecule has 1 N–H and O–H groups in total. The van der Waals surface area contributed by atoms with Crippen LogP contribution in [0.5, 0.6) is 0 Å². The quantitative estimate of drug-likeness (QED) is 0.377.